The lowest BCUT2D eigenvalue weighted by molar-refractivity contribution is 0.483. The van der Waals surface area contributed by atoms with Gasteiger partial charge in [0, 0.05) is 22.5 Å². The predicted molar refractivity (Wildman–Crippen MR) is 74.0 cm³/mol. The van der Waals surface area contributed by atoms with Crippen molar-refractivity contribution < 1.29 is 13.0 Å². The number of hydrogen-bond acceptors (Lipinski definition) is 4. The predicted octanol–water partition coefficient (Wildman–Crippen LogP) is 1.82. The van der Waals surface area contributed by atoms with E-state index in [0.717, 1.165) is 0 Å². The Morgan fingerprint density at radius 3 is 1.89 bits per heavy atom. The van der Waals surface area contributed by atoms with E-state index < -0.39 is 10.1 Å². The van der Waals surface area contributed by atoms with Crippen molar-refractivity contribution in [2.24, 2.45) is 11.5 Å². The highest BCUT2D eigenvalue weighted by molar-refractivity contribution is 7.85. The molecule has 0 radical (unpaired) electrons. The molecule has 1 rings (SSSR count). The molecule has 0 amide bonds. The van der Waals surface area contributed by atoms with Crippen LogP contribution in [0.25, 0.3) is 11.4 Å². The fourth-order valence-corrected chi connectivity index (χ4v) is 1.74. The quantitative estimate of drug-likeness (QED) is 0.726. The fourth-order valence-electron chi connectivity index (χ4n) is 1.23. The summed E-state index contributed by atoms with van der Waals surface area (Å²) in [5, 5.41) is 0. The third kappa shape index (κ3) is 3.90. The zero-order valence-corrected chi connectivity index (χ0v) is 11.3. The average molecular weight is 270 g/mol. The summed E-state index contributed by atoms with van der Waals surface area (Å²) in [5.41, 5.74) is 12.2. The third-order valence-corrected chi connectivity index (χ3v) is 2.83. The zero-order valence-electron chi connectivity index (χ0n) is 10.5. The molecule has 0 aromatic heterocycles. The molecule has 0 saturated carbocycles. The molecule has 0 aliphatic rings. The standard InChI is InChI=1S/C10H12N2O3S.C2H6/c1-6(11)9-4-3-8(16(13,14)15)5-10(9)7(2)12;1-2/h3-5H,1-2,11-12H2,(H,13,14,15);1-2H3. The molecule has 0 atom stereocenters. The molecule has 0 aliphatic heterocycles. The van der Waals surface area contributed by atoms with E-state index in [0.29, 0.717) is 11.1 Å². The van der Waals surface area contributed by atoms with Crippen molar-refractivity contribution in [1.82, 2.24) is 0 Å². The Morgan fingerprint density at radius 1 is 1.11 bits per heavy atom. The van der Waals surface area contributed by atoms with Crippen LogP contribution < -0.4 is 11.5 Å². The third-order valence-electron chi connectivity index (χ3n) is 1.98. The highest BCUT2D eigenvalue weighted by Gasteiger charge is 2.13. The Kier molecular flexibility index (Phi) is 5.61. The first-order valence-electron chi connectivity index (χ1n) is 5.24. The molecule has 6 heteroatoms. The van der Waals surface area contributed by atoms with Crippen LogP contribution in [0.15, 0.2) is 36.3 Å². The molecule has 0 unspecified atom stereocenters. The van der Waals surface area contributed by atoms with Crippen molar-refractivity contribution in [2.45, 2.75) is 18.7 Å². The minimum Gasteiger partial charge on any atom is -0.399 e. The number of benzene rings is 1. The fraction of sp³-hybridized carbons (Fsp3) is 0.167. The average Bonchev–Trinajstić information content (AvgIpc) is 2.29. The van der Waals surface area contributed by atoms with Gasteiger partial charge in [-0.05, 0) is 12.1 Å². The SMILES string of the molecule is C=C(N)c1ccc(S(=O)(=O)O)cc1C(=C)N.CC. The molecule has 1 aromatic carbocycles. The summed E-state index contributed by atoms with van der Waals surface area (Å²) >= 11 is 0. The summed E-state index contributed by atoms with van der Waals surface area (Å²) in [5.74, 6) is 0. The van der Waals surface area contributed by atoms with Crippen molar-refractivity contribution in [3.05, 3.63) is 42.5 Å². The van der Waals surface area contributed by atoms with Gasteiger partial charge in [-0.3, -0.25) is 4.55 Å². The van der Waals surface area contributed by atoms with E-state index in [4.69, 9.17) is 16.0 Å². The lowest BCUT2D eigenvalue weighted by atomic mass is 10.0. The molecule has 18 heavy (non-hydrogen) atoms. The Labute approximate surface area is 108 Å². The van der Waals surface area contributed by atoms with E-state index >= 15 is 0 Å². The molecule has 5 N–H and O–H groups in total. The van der Waals surface area contributed by atoms with Crippen LogP contribution in [0.5, 0.6) is 0 Å². The lowest BCUT2D eigenvalue weighted by Gasteiger charge is -2.10. The molecule has 0 fully saturated rings. The van der Waals surface area contributed by atoms with Gasteiger partial charge in [0.15, 0.2) is 0 Å². The zero-order chi connectivity index (χ0) is 14.5. The van der Waals surface area contributed by atoms with E-state index in [1.165, 1.54) is 18.2 Å². The maximum atomic E-state index is 10.9. The molecule has 0 spiro atoms. The van der Waals surface area contributed by atoms with Gasteiger partial charge in [0.1, 0.15) is 0 Å². The van der Waals surface area contributed by atoms with Crippen molar-refractivity contribution >= 4 is 21.5 Å². The highest BCUT2D eigenvalue weighted by atomic mass is 32.2. The Bertz CT molecular complexity index is 563. The number of nitrogens with two attached hydrogens (primary N) is 2. The van der Waals surface area contributed by atoms with Crippen molar-refractivity contribution in [1.29, 1.82) is 0 Å². The van der Waals surface area contributed by atoms with Gasteiger partial charge < -0.3 is 11.5 Å². The van der Waals surface area contributed by atoms with Gasteiger partial charge in [0.2, 0.25) is 0 Å². The van der Waals surface area contributed by atoms with Gasteiger partial charge in [-0.1, -0.05) is 33.1 Å². The van der Waals surface area contributed by atoms with Crippen molar-refractivity contribution in [2.75, 3.05) is 0 Å². The van der Waals surface area contributed by atoms with E-state index in [1.54, 1.807) is 0 Å². The maximum Gasteiger partial charge on any atom is 0.294 e. The molecule has 0 saturated heterocycles. The molecule has 5 nitrogen and oxygen atoms in total. The Hall–Kier alpha value is -1.79. The van der Waals surface area contributed by atoms with Gasteiger partial charge >= 0.3 is 0 Å². The van der Waals surface area contributed by atoms with Crippen molar-refractivity contribution in [3.63, 3.8) is 0 Å². The summed E-state index contributed by atoms with van der Waals surface area (Å²) < 4.78 is 30.7. The monoisotopic (exact) mass is 270 g/mol. The topological polar surface area (TPSA) is 106 Å². The van der Waals surface area contributed by atoms with E-state index in [1.807, 2.05) is 13.8 Å². The van der Waals surface area contributed by atoms with Crippen LogP contribution in [0.4, 0.5) is 0 Å². The van der Waals surface area contributed by atoms with Crippen LogP contribution in [-0.4, -0.2) is 13.0 Å². The largest absolute Gasteiger partial charge is 0.399 e. The smallest absolute Gasteiger partial charge is 0.294 e. The molecular formula is C12H18N2O3S. The van der Waals surface area contributed by atoms with Crippen LogP contribution in [0.3, 0.4) is 0 Å². The second-order valence-electron chi connectivity index (χ2n) is 3.23. The van der Waals surface area contributed by atoms with Gasteiger partial charge in [-0.25, -0.2) is 0 Å². The normalized spacial score (nSPS) is 10.2. The number of rotatable bonds is 3. The number of hydrogen-bond donors (Lipinski definition) is 3. The van der Waals surface area contributed by atoms with Gasteiger partial charge in [-0.15, -0.1) is 0 Å². The maximum absolute atomic E-state index is 10.9. The van der Waals surface area contributed by atoms with Gasteiger partial charge in [0.25, 0.3) is 10.1 Å². The summed E-state index contributed by atoms with van der Waals surface area (Å²) in [6.07, 6.45) is 0. The van der Waals surface area contributed by atoms with Crippen LogP contribution in [0, 0.1) is 0 Å². The summed E-state index contributed by atoms with van der Waals surface area (Å²) in [6, 6.07) is 3.83. The van der Waals surface area contributed by atoms with Gasteiger partial charge in [0.05, 0.1) is 4.90 Å². The second kappa shape index (κ2) is 6.23. The molecule has 1 aromatic rings. The molecule has 0 bridgehead atoms. The van der Waals surface area contributed by atoms with Crippen LogP contribution in [0.2, 0.25) is 0 Å². The van der Waals surface area contributed by atoms with Gasteiger partial charge in [-0.2, -0.15) is 8.42 Å². The molecule has 0 aliphatic carbocycles. The summed E-state index contributed by atoms with van der Waals surface area (Å²) in [7, 11) is -4.27. The van der Waals surface area contributed by atoms with E-state index in [9.17, 15) is 8.42 Å². The van der Waals surface area contributed by atoms with E-state index in [2.05, 4.69) is 13.2 Å². The minimum absolute atomic E-state index is 0.145. The Balaban J connectivity index is 0.00000137. The second-order valence-corrected chi connectivity index (χ2v) is 4.65. The summed E-state index contributed by atoms with van der Waals surface area (Å²) in [4.78, 5) is -0.265. The Morgan fingerprint density at radius 2 is 1.56 bits per heavy atom. The molecule has 100 valence electrons. The lowest BCUT2D eigenvalue weighted by Crippen LogP contribution is -2.06. The molecule has 0 heterocycles. The first-order valence-corrected chi connectivity index (χ1v) is 6.68. The highest BCUT2D eigenvalue weighted by Crippen LogP contribution is 2.22. The van der Waals surface area contributed by atoms with E-state index in [-0.39, 0.29) is 16.3 Å². The minimum atomic E-state index is -4.27. The van der Waals surface area contributed by atoms with Crippen LogP contribution in [-0.2, 0) is 10.1 Å². The van der Waals surface area contributed by atoms with Crippen LogP contribution in [0.1, 0.15) is 25.0 Å². The van der Waals surface area contributed by atoms with Crippen molar-refractivity contribution in [3.8, 4) is 0 Å². The molecular weight excluding hydrogens is 252 g/mol. The first kappa shape index (κ1) is 16.2. The summed E-state index contributed by atoms with van der Waals surface area (Å²) in [6.45, 7) is 11.0. The van der Waals surface area contributed by atoms with Crippen LogP contribution >= 0.6 is 0 Å². The first-order chi connectivity index (χ1) is 8.23.